The van der Waals surface area contributed by atoms with E-state index in [1.54, 1.807) is 18.1 Å². The Kier molecular flexibility index (Phi) is 5.47. The van der Waals surface area contributed by atoms with Crippen LogP contribution in [0.5, 0.6) is 5.75 Å². The van der Waals surface area contributed by atoms with Gasteiger partial charge in [-0.25, -0.2) is 0 Å². The van der Waals surface area contributed by atoms with E-state index in [0.29, 0.717) is 29.5 Å². The van der Waals surface area contributed by atoms with Gasteiger partial charge in [0.1, 0.15) is 5.75 Å². The minimum absolute atomic E-state index is 0.0770. The van der Waals surface area contributed by atoms with Gasteiger partial charge < -0.3 is 15.0 Å². The van der Waals surface area contributed by atoms with Crippen molar-refractivity contribution in [2.24, 2.45) is 5.92 Å². The van der Waals surface area contributed by atoms with Crippen molar-refractivity contribution in [2.75, 3.05) is 18.6 Å². The van der Waals surface area contributed by atoms with Crippen LogP contribution in [-0.4, -0.2) is 25.5 Å². The number of benzene rings is 2. The van der Waals surface area contributed by atoms with Crippen molar-refractivity contribution >= 4 is 29.1 Å². The number of carbonyl (C=O) groups excluding carboxylic acids is 2. The molecule has 0 aliphatic carbocycles. The highest BCUT2D eigenvalue weighted by atomic mass is 35.5. The topological polar surface area (TPSA) is 58.6 Å². The molecule has 3 rings (SSSR count). The fourth-order valence-electron chi connectivity index (χ4n) is 3.10. The average Bonchev–Trinajstić information content (AvgIpc) is 3.02. The number of methoxy groups -OCH3 is 1. The van der Waals surface area contributed by atoms with Gasteiger partial charge in [0.05, 0.1) is 18.7 Å². The Morgan fingerprint density at radius 2 is 2.08 bits per heavy atom. The Morgan fingerprint density at radius 3 is 2.81 bits per heavy atom. The molecule has 0 saturated carbocycles. The molecular weight excluding hydrogens is 352 g/mol. The molecule has 0 spiro atoms. The molecular formula is C20H21ClN2O3. The maximum atomic E-state index is 12.5. The quantitative estimate of drug-likeness (QED) is 0.875. The predicted octanol–water partition coefficient (Wildman–Crippen LogP) is 3.33. The molecule has 2 aromatic carbocycles. The number of aryl methyl sites for hydroxylation is 1. The summed E-state index contributed by atoms with van der Waals surface area (Å²) in [6.45, 7) is 2.64. The van der Waals surface area contributed by atoms with E-state index in [1.807, 2.05) is 43.3 Å². The Labute approximate surface area is 157 Å². The van der Waals surface area contributed by atoms with Crippen LogP contribution >= 0.6 is 11.6 Å². The van der Waals surface area contributed by atoms with Crippen LogP contribution in [0.15, 0.2) is 42.5 Å². The van der Waals surface area contributed by atoms with Crippen LogP contribution in [-0.2, 0) is 16.1 Å². The molecule has 1 aliphatic heterocycles. The first kappa shape index (κ1) is 18.3. The highest BCUT2D eigenvalue weighted by Gasteiger charge is 2.36. The molecule has 1 saturated heterocycles. The molecule has 5 nitrogen and oxygen atoms in total. The Morgan fingerprint density at radius 1 is 1.31 bits per heavy atom. The molecule has 0 aromatic heterocycles. The highest BCUT2D eigenvalue weighted by molar-refractivity contribution is 6.31. The largest absolute Gasteiger partial charge is 0.495 e. The molecule has 1 aliphatic rings. The maximum Gasteiger partial charge on any atom is 0.227 e. The first-order valence-corrected chi connectivity index (χ1v) is 8.83. The standard InChI is InChI=1S/C20H21ClN2O3/c1-13-7-8-18(26-2)17(9-13)23-12-15(10-19(23)24)20(25)22-11-14-5-3-4-6-16(14)21/h3-9,15H,10-12H2,1-2H3,(H,22,25)/t15-/m0/s1. The zero-order valence-electron chi connectivity index (χ0n) is 14.8. The second-order valence-electron chi connectivity index (χ2n) is 6.39. The third kappa shape index (κ3) is 3.83. The summed E-state index contributed by atoms with van der Waals surface area (Å²) < 4.78 is 5.37. The molecule has 1 atom stereocenters. The molecule has 2 amide bonds. The van der Waals surface area contributed by atoms with Crippen LogP contribution in [0.1, 0.15) is 17.5 Å². The molecule has 136 valence electrons. The van der Waals surface area contributed by atoms with Gasteiger partial charge >= 0.3 is 0 Å². The number of hydrogen-bond acceptors (Lipinski definition) is 3. The molecule has 1 heterocycles. The minimum Gasteiger partial charge on any atom is -0.495 e. The average molecular weight is 373 g/mol. The Hall–Kier alpha value is -2.53. The molecule has 26 heavy (non-hydrogen) atoms. The van der Waals surface area contributed by atoms with Crippen molar-refractivity contribution in [1.82, 2.24) is 5.32 Å². The molecule has 1 fully saturated rings. The maximum absolute atomic E-state index is 12.5. The van der Waals surface area contributed by atoms with Crippen molar-refractivity contribution in [2.45, 2.75) is 19.9 Å². The summed E-state index contributed by atoms with van der Waals surface area (Å²) in [6, 6.07) is 13.0. The van der Waals surface area contributed by atoms with Crippen molar-refractivity contribution in [1.29, 1.82) is 0 Å². The fraction of sp³-hybridized carbons (Fsp3) is 0.300. The lowest BCUT2D eigenvalue weighted by atomic mass is 10.1. The summed E-state index contributed by atoms with van der Waals surface area (Å²) in [7, 11) is 1.57. The van der Waals surface area contributed by atoms with E-state index in [-0.39, 0.29) is 18.2 Å². The molecule has 0 bridgehead atoms. The number of rotatable bonds is 5. The van der Waals surface area contributed by atoms with Crippen molar-refractivity contribution < 1.29 is 14.3 Å². The number of amides is 2. The van der Waals surface area contributed by atoms with E-state index in [2.05, 4.69) is 5.32 Å². The van der Waals surface area contributed by atoms with Crippen LogP contribution in [0.25, 0.3) is 0 Å². The third-order valence-corrected chi connectivity index (χ3v) is 4.90. The zero-order valence-corrected chi connectivity index (χ0v) is 15.5. The predicted molar refractivity (Wildman–Crippen MR) is 101 cm³/mol. The molecule has 2 aromatic rings. The van der Waals surface area contributed by atoms with Crippen molar-refractivity contribution in [3.05, 3.63) is 58.6 Å². The van der Waals surface area contributed by atoms with Gasteiger partial charge in [-0.05, 0) is 36.2 Å². The second kappa shape index (κ2) is 7.79. The third-order valence-electron chi connectivity index (χ3n) is 4.53. The zero-order chi connectivity index (χ0) is 18.7. The van der Waals surface area contributed by atoms with Gasteiger partial charge in [-0.2, -0.15) is 0 Å². The molecule has 0 radical (unpaired) electrons. The summed E-state index contributed by atoms with van der Waals surface area (Å²) in [5.74, 6) is 0.00969. The van der Waals surface area contributed by atoms with Crippen LogP contribution in [0.3, 0.4) is 0 Å². The number of ether oxygens (including phenoxy) is 1. The van der Waals surface area contributed by atoms with Crippen LogP contribution < -0.4 is 15.0 Å². The Balaban J connectivity index is 1.69. The second-order valence-corrected chi connectivity index (χ2v) is 6.80. The summed E-state index contributed by atoms with van der Waals surface area (Å²) in [5, 5.41) is 3.49. The number of nitrogens with one attached hydrogen (secondary N) is 1. The van der Waals surface area contributed by atoms with E-state index >= 15 is 0 Å². The van der Waals surface area contributed by atoms with Gasteiger partial charge in [0.25, 0.3) is 0 Å². The van der Waals surface area contributed by atoms with E-state index in [4.69, 9.17) is 16.3 Å². The molecule has 6 heteroatoms. The van der Waals surface area contributed by atoms with E-state index in [9.17, 15) is 9.59 Å². The van der Waals surface area contributed by atoms with Gasteiger partial charge in [0, 0.05) is 24.5 Å². The van der Waals surface area contributed by atoms with E-state index < -0.39 is 5.92 Å². The number of nitrogens with zero attached hydrogens (tertiary/aromatic N) is 1. The Bertz CT molecular complexity index is 838. The number of halogens is 1. The first-order chi connectivity index (χ1) is 12.5. The fourth-order valence-corrected chi connectivity index (χ4v) is 3.30. The summed E-state index contributed by atoms with van der Waals surface area (Å²) in [5.41, 5.74) is 2.59. The van der Waals surface area contributed by atoms with Crippen LogP contribution in [0.2, 0.25) is 5.02 Å². The summed E-state index contributed by atoms with van der Waals surface area (Å²) in [6.07, 6.45) is 0.186. The smallest absolute Gasteiger partial charge is 0.227 e. The minimum atomic E-state index is -0.393. The summed E-state index contributed by atoms with van der Waals surface area (Å²) >= 11 is 6.11. The van der Waals surface area contributed by atoms with E-state index in [0.717, 1.165) is 11.1 Å². The van der Waals surface area contributed by atoms with Crippen molar-refractivity contribution in [3.63, 3.8) is 0 Å². The number of hydrogen-bond donors (Lipinski definition) is 1. The van der Waals surface area contributed by atoms with Crippen LogP contribution in [0, 0.1) is 12.8 Å². The number of carbonyl (C=O) groups is 2. The van der Waals surface area contributed by atoms with Gasteiger partial charge in [-0.1, -0.05) is 35.9 Å². The van der Waals surface area contributed by atoms with Gasteiger partial charge in [0.2, 0.25) is 11.8 Å². The van der Waals surface area contributed by atoms with Gasteiger partial charge in [0.15, 0.2) is 0 Å². The normalized spacial score (nSPS) is 16.7. The monoisotopic (exact) mass is 372 g/mol. The number of anilines is 1. The first-order valence-electron chi connectivity index (χ1n) is 8.45. The van der Waals surface area contributed by atoms with Gasteiger partial charge in [-0.15, -0.1) is 0 Å². The van der Waals surface area contributed by atoms with Gasteiger partial charge in [-0.3, -0.25) is 9.59 Å². The lowest BCUT2D eigenvalue weighted by molar-refractivity contribution is -0.126. The molecule has 0 unspecified atom stereocenters. The van der Waals surface area contributed by atoms with Crippen molar-refractivity contribution in [3.8, 4) is 5.75 Å². The van der Waals surface area contributed by atoms with E-state index in [1.165, 1.54) is 0 Å². The molecule has 1 N–H and O–H groups in total. The highest BCUT2D eigenvalue weighted by Crippen LogP contribution is 2.34. The SMILES string of the molecule is COc1ccc(C)cc1N1C[C@@H](C(=O)NCc2ccccc2Cl)CC1=O. The summed E-state index contributed by atoms with van der Waals surface area (Å²) in [4.78, 5) is 26.6. The lowest BCUT2D eigenvalue weighted by Crippen LogP contribution is -2.32. The lowest BCUT2D eigenvalue weighted by Gasteiger charge is -2.20. The van der Waals surface area contributed by atoms with Crippen LogP contribution in [0.4, 0.5) is 5.69 Å².